The van der Waals surface area contributed by atoms with Gasteiger partial charge in [-0.05, 0) is 68.9 Å². The van der Waals surface area contributed by atoms with Crippen molar-refractivity contribution in [1.82, 2.24) is 4.98 Å². The van der Waals surface area contributed by atoms with E-state index in [4.69, 9.17) is 5.73 Å². The molecule has 5 heteroatoms. The number of anilines is 1. The molecule has 2 N–H and O–H groups in total. The largest absolute Gasteiger partial charge is 0.398 e. The van der Waals surface area contributed by atoms with E-state index >= 15 is 0 Å². The van der Waals surface area contributed by atoms with Crippen LogP contribution in [0.4, 0.5) is 5.69 Å². The van der Waals surface area contributed by atoms with Crippen molar-refractivity contribution >= 4 is 56.0 Å². The number of pyridine rings is 1. The molecule has 1 aromatic heterocycles. The number of hydrogen-bond donors (Lipinski definition) is 1. The van der Waals surface area contributed by atoms with Gasteiger partial charge in [0.25, 0.3) is 0 Å². The second-order valence-corrected chi connectivity index (χ2v) is 6.21. The average molecular weight is 407 g/mol. The van der Waals surface area contributed by atoms with Crippen LogP contribution in [0.1, 0.15) is 0 Å². The third kappa shape index (κ3) is 2.89. The molecular formula is C11H8BrIN2S. The van der Waals surface area contributed by atoms with Crippen molar-refractivity contribution in [2.75, 3.05) is 5.73 Å². The van der Waals surface area contributed by atoms with Crippen LogP contribution in [0.3, 0.4) is 0 Å². The lowest BCUT2D eigenvalue weighted by molar-refractivity contribution is 1.11. The highest BCUT2D eigenvalue weighted by molar-refractivity contribution is 14.1. The highest BCUT2D eigenvalue weighted by Crippen LogP contribution is 2.35. The van der Waals surface area contributed by atoms with Crippen molar-refractivity contribution in [2.45, 2.75) is 9.92 Å². The van der Waals surface area contributed by atoms with Crippen LogP contribution in [0.2, 0.25) is 0 Å². The summed E-state index contributed by atoms with van der Waals surface area (Å²) in [6.45, 7) is 0. The number of rotatable bonds is 2. The molecule has 82 valence electrons. The first-order valence-electron chi connectivity index (χ1n) is 4.50. The number of benzene rings is 1. The Hall–Kier alpha value is -0.270. The molecule has 2 aromatic rings. The van der Waals surface area contributed by atoms with Gasteiger partial charge < -0.3 is 5.73 Å². The second-order valence-electron chi connectivity index (χ2n) is 3.07. The normalized spacial score (nSPS) is 10.4. The SMILES string of the molecule is Nc1cc(I)ccc1Sc1ncccc1Br. The predicted octanol–water partition coefficient (Wildman–Crippen LogP) is 4.18. The van der Waals surface area contributed by atoms with Crippen molar-refractivity contribution in [3.05, 3.63) is 44.6 Å². The molecule has 0 bridgehead atoms. The third-order valence-electron chi connectivity index (χ3n) is 1.90. The molecule has 0 radical (unpaired) electrons. The van der Waals surface area contributed by atoms with E-state index in [0.29, 0.717) is 0 Å². The van der Waals surface area contributed by atoms with Gasteiger partial charge in [-0.3, -0.25) is 0 Å². The quantitative estimate of drug-likeness (QED) is 0.600. The molecule has 0 aliphatic heterocycles. The lowest BCUT2D eigenvalue weighted by atomic mass is 10.3. The standard InChI is InChI=1S/C11H8BrIN2S/c12-8-2-1-5-15-11(8)16-10-4-3-7(13)6-9(10)14/h1-6H,14H2. The van der Waals surface area contributed by atoms with Gasteiger partial charge in [0.1, 0.15) is 5.03 Å². The molecule has 0 aliphatic rings. The zero-order valence-corrected chi connectivity index (χ0v) is 12.7. The predicted molar refractivity (Wildman–Crippen MR) is 79.6 cm³/mol. The van der Waals surface area contributed by atoms with E-state index in [0.717, 1.165) is 23.7 Å². The first-order chi connectivity index (χ1) is 7.66. The van der Waals surface area contributed by atoms with Crippen molar-refractivity contribution < 1.29 is 0 Å². The highest BCUT2D eigenvalue weighted by atomic mass is 127. The van der Waals surface area contributed by atoms with Gasteiger partial charge in [0.2, 0.25) is 0 Å². The van der Waals surface area contributed by atoms with Crippen molar-refractivity contribution in [3.8, 4) is 0 Å². The molecule has 0 aliphatic carbocycles. The third-order valence-corrected chi connectivity index (χ3v) is 4.59. The summed E-state index contributed by atoms with van der Waals surface area (Å²) in [7, 11) is 0. The minimum absolute atomic E-state index is 0.787. The average Bonchev–Trinajstić information content (AvgIpc) is 2.25. The number of aromatic nitrogens is 1. The molecule has 0 fully saturated rings. The summed E-state index contributed by atoms with van der Waals surface area (Å²) in [6, 6.07) is 9.88. The van der Waals surface area contributed by atoms with E-state index in [-0.39, 0.29) is 0 Å². The lowest BCUT2D eigenvalue weighted by Crippen LogP contribution is -1.90. The van der Waals surface area contributed by atoms with E-state index in [2.05, 4.69) is 43.5 Å². The van der Waals surface area contributed by atoms with Gasteiger partial charge in [-0.25, -0.2) is 4.98 Å². The maximum Gasteiger partial charge on any atom is 0.115 e. The van der Waals surface area contributed by atoms with E-state index in [1.807, 2.05) is 30.3 Å². The van der Waals surface area contributed by atoms with E-state index < -0.39 is 0 Å². The minimum atomic E-state index is 0.787. The van der Waals surface area contributed by atoms with Gasteiger partial charge in [0.05, 0.1) is 4.47 Å². The van der Waals surface area contributed by atoms with Crippen LogP contribution in [-0.4, -0.2) is 4.98 Å². The molecule has 2 nitrogen and oxygen atoms in total. The van der Waals surface area contributed by atoms with E-state index in [9.17, 15) is 0 Å². The zero-order chi connectivity index (χ0) is 11.5. The Bertz CT molecular complexity index is 519. The monoisotopic (exact) mass is 406 g/mol. The highest BCUT2D eigenvalue weighted by Gasteiger charge is 2.06. The molecule has 2 rings (SSSR count). The summed E-state index contributed by atoms with van der Waals surface area (Å²) in [5.74, 6) is 0. The topological polar surface area (TPSA) is 38.9 Å². The van der Waals surface area contributed by atoms with Crippen LogP contribution < -0.4 is 5.73 Å². The summed E-state index contributed by atoms with van der Waals surface area (Å²) >= 11 is 7.28. The Morgan fingerprint density at radius 1 is 1.31 bits per heavy atom. The van der Waals surface area contributed by atoms with Gasteiger partial charge in [0, 0.05) is 20.3 Å². The fraction of sp³-hybridized carbons (Fsp3) is 0. The maximum absolute atomic E-state index is 5.95. The summed E-state index contributed by atoms with van der Waals surface area (Å²) < 4.78 is 2.12. The Morgan fingerprint density at radius 3 is 2.81 bits per heavy atom. The maximum atomic E-state index is 5.95. The van der Waals surface area contributed by atoms with Gasteiger partial charge in [-0.15, -0.1) is 0 Å². The van der Waals surface area contributed by atoms with Gasteiger partial charge in [-0.2, -0.15) is 0 Å². The molecule has 0 saturated carbocycles. The fourth-order valence-electron chi connectivity index (χ4n) is 1.16. The number of nitrogens with two attached hydrogens (primary N) is 1. The van der Waals surface area contributed by atoms with Gasteiger partial charge in [-0.1, -0.05) is 11.8 Å². The zero-order valence-electron chi connectivity index (χ0n) is 8.15. The van der Waals surface area contributed by atoms with Crippen LogP contribution in [0.15, 0.2) is 50.9 Å². The van der Waals surface area contributed by atoms with Gasteiger partial charge >= 0.3 is 0 Å². The molecule has 16 heavy (non-hydrogen) atoms. The summed E-state index contributed by atoms with van der Waals surface area (Å²) in [4.78, 5) is 5.32. The molecule has 1 aromatic carbocycles. The van der Waals surface area contributed by atoms with E-state index in [1.54, 1.807) is 18.0 Å². The summed E-state index contributed by atoms with van der Waals surface area (Å²) in [5, 5.41) is 0.926. The smallest absolute Gasteiger partial charge is 0.115 e. The summed E-state index contributed by atoms with van der Waals surface area (Å²) in [6.07, 6.45) is 1.77. The molecule has 0 atom stereocenters. The van der Waals surface area contributed by atoms with Crippen molar-refractivity contribution in [3.63, 3.8) is 0 Å². The first-order valence-corrected chi connectivity index (χ1v) is 7.19. The number of hydrogen-bond acceptors (Lipinski definition) is 3. The van der Waals surface area contributed by atoms with Crippen LogP contribution in [0.25, 0.3) is 0 Å². The summed E-state index contributed by atoms with van der Waals surface area (Å²) in [5.41, 5.74) is 6.74. The lowest BCUT2D eigenvalue weighted by Gasteiger charge is -2.06. The van der Waals surface area contributed by atoms with Gasteiger partial charge in [0.15, 0.2) is 0 Å². The van der Waals surface area contributed by atoms with Crippen molar-refractivity contribution in [1.29, 1.82) is 0 Å². The van der Waals surface area contributed by atoms with Crippen LogP contribution in [-0.2, 0) is 0 Å². The van der Waals surface area contributed by atoms with Crippen LogP contribution in [0.5, 0.6) is 0 Å². The number of halogens is 2. The Labute approximate surface area is 120 Å². The number of nitrogen functional groups attached to an aromatic ring is 1. The van der Waals surface area contributed by atoms with Crippen LogP contribution >= 0.6 is 50.3 Å². The van der Waals surface area contributed by atoms with Crippen molar-refractivity contribution in [2.24, 2.45) is 0 Å². The molecular weight excluding hydrogens is 399 g/mol. The van der Waals surface area contributed by atoms with E-state index in [1.165, 1.54) is 0 Å². The molecule has 1 heterocycles. The van der Waals surface area contributed by atoms with Crippen LogP contribution in [0, 0.1) is 3.57 Å². The fourth-order valence-corrected chi connectivity index (χ4v) is 2.98. The Kier molecular flexibility index (Phi) is 4.10. The first kappa shape index (κ1) is 12.2. The minimum Gasteiger partial charge on any atom is -0.398 e. The molecule has 0 amide bonds. The Morgan fingerprint density at radius 2 is 2.12 bits per heavy atom. The molecule has 0 unspecified atom stereocenters. The second kappa shape index (κ2) is 5.37. The molecule has 0 saturated heterocycles. The number of nitrogens with zero attached hydrogens (tertiary/aromatic N) is 1. The molecule has 0 spiro atoms. The Balaban J connectivity index is 2.31.